The molecule has 0 atom stereocenters. The summed E-state index contributed by atoms with van der Waals surface area (Å²) in [6, 6.07) is 6.44. The molecule has 7 nitrogen and oxygen atoms in total. The molecule has 0 unspecified atom stereocenters. The molecule has 0 saturated carbocycles. The van der Waals surface area contributed by atoms with Crippen LogP contribution in [0.3, 0.4) is 0 Å². The summed E-state index contributed by atoms with van der Waals surface area (Å²) >= 11 is 0. The first-order valence-electron chi connectivity index (χ1n) is 8.55. The van der Waals surface area contributed by atoms with Crippen molar-refractivity contribution >= 4 is 16.9 Å². The molecule has 3 heterocycles. The second kappa shape index (κ2) is 7.07. The van der Waals surface area contributed by atoms with E-state index in [4.69, 9.17) is 9.26 Å². The van der Waals surface area contributed by atoms with Crippen LogP contribution in [-0.2, 0) is 13.2 Å². The molecule has 0 bridgehead atoms. The summed E-state index contributed by atoms with van der Waals surface area (Å²) in [7, 11) is 0. The number of fused-ring (bicyclic) bond motifs is 1. The molecule has 1 aliphatic heterocycles. The third kappa shape index (κ3) is 3.49. The molecule has 0 radical (unpaired) electrons. The SMILES string of the molecule is O=C(NCc1cc2cc(F)c(OCc3ccon3)cc2[nH]1)N1CCCC1. The van der Waals surface area contributed by atoms with Gasteiger partial charge in [0.05, 0.1) is 6.54 Å². The number of likely N-dealkylation sites (tertiary alicyclic amines) is 1. The Morgan fingerprint density at radius 3 is 2.96 bits per heavy atom. The first kappa shape index (κ1) is 16.4. The van der Waals surface area contributed by atoms with Crippen LogP contribution >= 0.6 is 0 Å². The highest BCUT2D eigenvalue weighted by atomic mass is 19.1. The summed E-state index contributed by atoms with van der Waals surface area (Å²) in [6.45, 7) is 2.09. The van der Waals surface area contributed by atoms with Crippen LogP contribution in [-0.4, -0.2) is 34.2 Å². The minimum Gasteiger partial charge on any atom is -0.484 e. The second-order valence-electron chi connectivity index (χ2n) is 6.30. The Balaban J connectivity index is 1.43. The number of carbonyl (C=O) groups is 1. The number of halogens is 1. The Labute approximate surface area is 149 Å². The Bertz CT molecular complexity index is 901. The number of hydrogen-bond donors (Lipinski definition) is 2. The fourth-order valence-corrected chi connectivity index (χ4v) is 3.07. The minimum absolute atomic E-state index is 0.0658. The average molecular weight is 358 g/mol. The van der Waals surface area contributed by atoms with E-state index in [1.807, 2.05) is 6.07 Å². The van der Waals surface area contributed by atoms with Gasteiger partial charge in [-0.05, 0) is 25.0 Å². The van der Waals surface area contributed by atoms with Crippen molar-refractivity contribution in [3.05, 3.63) is 47.7 Å². The molecule has 3 aromatic rings. The summed E-state index contributed by atoms with van der Waals surface area (Å²) in [5.74, 6) is -0.317. The van der Waals surface area contributed by atoms with Gasteiger partial charge in [0.2, 0.25) is 0 Å². The maximum atomic E-state index is 14.2. The topological polar surface area (TPSA) is 83.4 Å². The molecule has 1 aliphatic rings. The van der Waals surface area contributed by atoms with Crippen LogP contribution in [0.25, 0.3) is 10.9 Å². The number of nitrogens with zero attached hydrogens (tertiary/aromatic N) is 2. The molecular weight excluding hydrogens is 339 g/mol. The molecule has 2 N–H and O–H groups in total. The van der Waals surface area contributed by atoms with Gasteiger partial charge in [0, 0.05) is 41.8 Å². The first-order valence-corrected chi connectivity index (χ1v) is 8.55. The molecule has 1 fully saturated rings. The van der Waals surface area contributed by atoms with Crippen LogP contribution in [0.15, 0.2) is 35.1 Å². The largest absolute Gasteiger partial charge is 0.484 e. The second-order valence-corrected chi connectivity index (χ2v) is 6.30. The summed E-state index contributed by atoms with van der Waals surface area (Å²) in [5.41, 5.74) is 2.13. The van der Waals surface area contributed by atoms with Gasteiger partial charge >= 0.3 is 6.03 Å². The molecule has 2 aromatic heterocycles. The zero-order chi connectivity index (χ0) is 17.9. The average Bonchev–Trinajstić information content (AvgIpc) is 3.38. The smallest absolute Gasteiger partial charge is 0.317 e. The lowest BCUT2D eigenvalue weighted by Gasteiger charge is -2.15. The maximum absolute atomic E-state index is 14.2. The number of urea groups is 1. The van der Waals surface area contributed by atoms with E-state index in [9.17, 15) is 9.18 Å². The van der Waals surface area contributed by atoms with Gasteiger partial charge in [0.15, 0.2) is 11.6 Å². The number of rotatable bonds is 5. The van der Waals surface area contributed by atoms with Crippen LogP contribution in [0.4, 0.5) is 9.18 Å². The van der Waals surface area contributed by atoms with E-state index in [0.29, 0.717) is 12.2 Å². The monoisotopic (exact) mass is 358 g/mol. The summed E-state index contributed by atoms with van der Waals surface area (Å²) in [4.78, 5) is 17.0. The number of amides is 2. The highest BCUT2D eigenvalue weighted by molar-refractivity contribution is 5.82. The summed E-state index contributed by atoms with van der Waals surface area (Å²) < 4.78 is 24.4. The molecule has 0 spiro atoms. The summed E-state index contributed by atoms with van der Waals surface area (Å²) in [6.07, 6.45) is 3.54. The molecule has 2 amide bonds. The molecule has 1 saturated heterocycles. The first-order chi connectivity index (χ1) is 12.7. The van der Waals surface area contributed by atoms with E-state index in [1.54, 1.807) is 17.0 Å². The van der Waals surface area contributed by atoms with E-state index in [2.05, 4.69) is 15.5 Å². The number of H-pyrrole nitrogens is 1. The van der Waals surface area contributed by atoms with E-state index in [1.165, 1.54) is 12.3 Å². The highest BCUT2D eigenvalue weighted by Gasteiger charge is 2.17. The van der Waals surface area contributed by atoms with Crippen LogP contribution < -0.4 is 10.1 Å². The van der Waals surface area contributed by atoms with Crippen molar-refractivity contribution in [1.82, 2.24) is 20.4 Å². The predicted molar refractivity (Wildman–Crippen MR) is 92.1 cm³/mol. The van der Waals surface area contributed by atoms with Gasteiger partial charge in [-0.3, -0.25) is 0 Å². The van der Waals surface area contributed by atoms with Crippen LogP contribution in [0.1, 0.15) is 24.2 Å². The van der Waals surface area contributed by atoms with Crippen LogP contribution in [0.5, 0.6) is 5.75 Å². The van der Waals surface area contributed by atoms with Crippen molar-refractivity contribution in [1.29, 1.82) is 0 Å². The molecule has 8 heteroatoms. The molecule has 26 heavy (non-hydrogen) atoms. The van der Waals surface area contributed by atoms with Crippen molar-refractivity contribution in [2.75, 3.05) is 13.1 Å². The Kier molecular flexibility index (Phi) is 4.47. The Morgan fingerprint density at radius 1 is 1.35 bits per heavy atom. The lowest BCUT2D eigenvalue weighted by atomic mass is 10.2. The number of ether oxygens (including phenoxy) is 1. The van der Waals surface area contributed by atoms with Gasteiger partial charge < -0.3 is 24.5 Å². The van der Waals surface area contributed by atoms with Gasteiger partial charge in [-0.25, -0.2) is 9.18 Å². The number of aromatic nitrogens is 2. The van der Waals surface area contributed by atoms with E-state index in [0.717, 1.165) is 42.5 Å². The van der Waals surface area contributed by atoms with Gasteiger partial charge in [-0.2, -0.15) is 0 Å². The molecule has 0 aliphatic carbocycles. The molecule has 136 valence electrons. The molecular formula is C18H19FN4O3. The van der Waals surface area contributed by atoms with E-state index < -0.39 is 5.82 Å². The lowest BCUT2D eigenvalue weighted by Crippen LogP contribution is -2.37. The van der Waals surface area contributed by atoms with E-state index in [-0.39, 0.29) is 18.4 Å². The number of hydrogen-bond acceptors (Lipinski definition) is 4. The summed E-state index contributed by atoms with van der Waals surface area (Å²) in [5, 5.41) is 7.34. The Morgan fingerprint density at radius 2 is 2.19 bits per heavy atom. The number of nitrogens with one attached hydrogen (secondary N) is 2. The van der Waals surface area contributed by atoms with Gasteiger partial charge in [-0.1, -0.05) is 5.16 Å². The van der Waals surface area contributed by atoms with Gasteiger partial charge in [-0.15, -0.1) is 0 Å². The van der Waals surface area contributed by atoms with Crippen molar-refractivity contribution in [3.8, 4) is 5.75 Å². The number of benzene rings is 1. The zero-order valence-corrected chi connectivity index (χ0v) is 14.1. The fraction of sp³-hybridized carbons (Fsp3) is 0.333. The van der Waals surface area contributed by atoms with Gasteiger partial charge in [0.25, 0.3) is 0 Å². The van der Waals surface area contributed by atoms with Crippen molar-refractivity contribution in [2.45, 2.75) is 26.0 Å². The van der Waals surface area contributed by atoms with Gasteiger partial charge in [0.1, 0.15) is 18.6 Å². The predicted octanol–water partition coefficient (Wildman–Crippen LogP) is 3.18. The Hall–Kier alpha value is -3.03. The minimum atomic E-state index is -0.451. The molecule has 1 aromatic carbocycles. The van der Waals surface area contributed by atoms with Crippen LogP contribution in [0.2, 0.25) is 0 Å². The third-order valence-electron chi connectivity index (χ3n) is 4.42. The van der Waals surface area contributed by atoms with E-state index >= 15 is 0 Å². The number of aromatic amines is 1. The normalized spacial score (nSPS) is 14.1. The van der Waals surface area contributed by atoms with Crippen LogP contribution in [0, 0.1) is 5.82 Å². The number of carbonyl (C=O) groups excluding carboxylic acids is 1. The third-order valence-corrected chi connectivity index (χ3v) is 4.42. The highest BCUT2D eigenvalue weighted by Crippen LogP contribution is 2.26. The van der Waals surface area contributed by atoms with Crippen molar-refractivity contribution in [3.63, 3.8) is 0 Å². The lowest BCUT2D eigenvalue weighted by molar-refractivity contribution is 0.208. The quantitative estimate of drug-likeness (QED) is 0.734. The maximum Gasteiger partial charge on any atom is 0.317 e. The van der Waals surface area contributed by atoms with Crippen molar-refractivity contribution in [2.24, 2.45) is 0 Å². The van der Waals surface area contributed by atoms with Crippen molar-refractivity contribution < 1.29 is 18.4 Å². The standard InChI is InChI=1S/C18H19FN4O3/c19-15-8-12-7-14(10-20-18(24)23-4-1-2-5-23)21-16(12)9-17(15)25-11-13-3-6-26-22-13/h3,6-9,21H,1-2,4-5,10-11H2,(H,20,24). The molecule has 4 rings (SSSR count). The zero-order valence-electron chi connectivity index (χ0n) is 14.1. The fourth-order valence-electron chi connectivity index (χ4n) is 3.07.